The first-order valence-corrected chi connectivity index (χ1v) is 4.55. The van der Waals surface area contributed by atoms with Crippen molar-refractivity contribution >= 4 is 0 Å². The van der Waals surface area contributed by atoms with Crippen LogP contribution < -0.4 is 5.73 Å². The van der Waals surface area contributed by atoms with Crippen molar-refractivity contribution in [2.45, 2.75) is 45.3 Å². The first-order valence-electron chi connectivity index (χ1n) is 4.55. The molecule has 1 aliphatic carbocycles. The Hall–Kier alpha value is -0.0800. The van der Waals surface area contributed by atoms with Crippen LogP contribution in [0, 0.1) is 11.8 Å². The molecule has 3 atom stereocenters. The minimum absolute atomic E-state index is 0.0324. The molecule has 1 saturated carbocycles. The molecular formula is C9H19NO. The summed E-state index contributed by atoms with van der Waals surface area (Å²) in [6.07, 6.45) is 2.83. The molecular weight excluding hydrogens is 138 g/mol. The van der Waals surface area contributed by atoms with E-state index < -0.39 is 0 Å². The maximum absolute atomic E-state index is 9.47. The van der Waals surface area contributed by atoms with Gasteiger partial charge in [-0.15, -0.1) is 0 Å². The van der Waals surface area contributed by atoms with Crippen LogP contribution in [0.15, 0.2) is 0 Å². The fourth-order valence-electron chi connectivity index (χ4n) is 1.81. The molecule has 1 rings (SSSR count). The summed E-state index contributed by atoms with van der Waals surface area (Å²) in [5.74, 6) is 1.38. The van der Waals surface area contributed by atoms with Crippen molar-refractivity contribution in [1.82, 2.24) is 0 Å². The molecule has 0 amide bonds. The molecule has 11 heavy (non-hydrogen) atoms. The molecule has 0 aromatic rings. The Morgan fingerprint density at radius 3 is 2.45 bits per heavy atom. The summed E-state index contributed by atoms with van der Waals surface area (Å²) in [6.45, 7) is 4.43. The van der Waals surface area contributed by atoms with Crippen LogP contribution in [-0.2, 0) is 0 Å². The largest absolute Gasteiger partial charge is 0.392 e. The second-order valence-electron chi connectivity index (χ2n) is 4.05. The molecule has 0 aromatic heterocycles. The number of hydrogen-bond donors (Lipinski definition) is 2. The molecule has 0 saturated heterocycles. The zero-order chi connectivity index (χ0) is 8.43. The summed E-state index contributed by atoms with van der Waals surface area (Å²) < 4.78 is 0. The monoisotopic (exact) mass is 157 g/mol. The molecule has 1 aliphatic rings. The van der Waals surface area contributed by atoms with Crippen LogP contribution in [0.3, 0.4) is 0 Å². The SMILES string of the molecule is CC(C)[C@@H]1CC[C@@H](N)[C@@H](O)C1. The van der Waals surface area contributed by atoms with E-state index in [9.17, 15) is 5.11 Å². The quantitative estimate of drug-likeness (QED) is 0.599. The minimum Gasteiger partial charge on any atom is -0.392 e. The van der Waals surface area contributed by atoms with Crippen molar-refractivity contribution in [3.8, 4) is 0 Å². The molecule has 1 fully saturated rings. The fourth-order valence-corrected chi connectivity index (χ4v) is 1.81. The van der Waals surface area contributed by atoms with Gasteiger partial charge in [-0.3, -0.25) is 0 Å². The van der Waals surface area contributed by atoms with Gasteiger partial charge >= 0.3 is 0 Å². The Bertz CT molecular complexity index is 125. The lowest BCUT2D eigenvalue weighted by Crippen LogP contribution is -2.41. The summed E-state index contributed by atoms with van der Waals surface area (Å²) in [7, 11) is 0. The molecule has 0 radical (unpaired) electrons. The predicted octanol–water partition coefficient (Wildman–Crippen LogP) is 1.13. The molecule has 3 N–H and O–H groups in total. The van der Waals surface area contributed by atoms with Gasteiger partial charge < -0.3 is 10.8 Å². The average Bonchev–Trinajstić information content (AvgIpc) is 1.94. The highest BCUT2D eigenvalue weighted by Crippen LogP contribution is 2.29. The summed E-state index contributed by atoms with van der Waals surface area (Å²) in [5.41, 5.74) is 5.69. The maximum Gasteiger partial charge on any atom is 0.0693 e. The van der Waals surface area contributed by atoms with E-state index in [4.69, 9.17) is 5.73 Å². The van der Waals surface area contributed by atoms with E-state index in [0.29, 0.717) is 11.8 Å². The second-order valence-corrected chi connectivity index (χ2v) is 4.05. The van der Waals surface area contributed by atoms with Crippen LogP contribution in [0.4, 0.5) is 0 Å². The number of aliphatic hydroxyl groups is 1. The van der Waals surface area contributed by atoms with Crippen molar-refractivity contribution in [2.24, 2.45) is 17.6 Å². The van der Waals surface area contributed by atoms with Gasteiger partial charge in [0.1, 0.15) is 0 Å². The van der Waals surface area contributed by atoms with E-state index in [2.05, 4.69) is 13.8 Å². The lowest BCUT2D eigenvalue weighted by molar-refractivity contribution is 0.0671. The molecule has 0 spiro atoms. The Kier molecular flexibility index (Phi) is 2.90. The van der Waals surface area contributed by atoms with Crippen molar-refractivity contribution in [2.75, 3.05) is 0 Å². The highest BCUT2D eigenvalue weighted by molar-refractivity contribution is 4.82. The zero-order valence-electron chi connectivity index (χ0n) is 7.46. The molecule has 0 aliphatic heterocycles. The highest BCUT2D eigenvalue weighted by Gasteiger charge is 2.27. The Morgan fingerprint density at radius 1 is 1.36 bits per heavy atom. The van der Waals surface area contributed by atoms with Gasteiger partial charge in [0, 0.05) is 6.04 Å². The van der Waals surface area contributed by atoms with Gasteiger partial charge in [0.05, 0.1) is 6.10 Å². The first kappa shape index (κ1) is 9.01. The van der Waals surface area contributed by atoms with Gasteiger partial charge in [-0.2, -0.15) is 0 Å². The summed E-state index contributed by atoms with van der Waals surface area (Å²) in [6, 6.07) is 0.0324. The van der Waals surface area contributed by atoms with E-state index in [1.54, 1.807) is 0 Å². The van der Waals surface area contributed by atoms with Crippen molar-refractivity contribution < 1.29 is 5.11 Å². The number of rotatable bonds is 1. The Morgan fingerprint density at radius 2 is 2.00 bits per heavy atom. The van der Waals surface area contributed by atoms with Crippen LogP contribution >= 0.6 is 0 Å². The number of nitrogens with two attached hydrogens (primary N) is 1. The van der Waals surface area contributed by atoms with Gasteiger partial charge in [0.2, 0.25) is 0 Å². The lowest BCUT2D eigenvalue weighted by Gasteiger charge is -2.32. The van der Waals surface area contributed by atoms with Crippen LogP contribution in [0.25, 0.3) is 0 Å². The van der Waals surface area contributed by atoms with Crippen LogP contribution in [0.2, 0.25) is 0 Å². The topological polar surface area (TPSA) is 46.2 Å². The number of hydrogen-bond acceptors (Lipinski definition) is 2. The number of aliphatic hydroxyl groups excluding tert-OH is 1. The van der Waals surface area contributed by atoms with Gasteiger partial charge in [0.25, 0.3) is 0 Å². The third-order valence-electron chi connectivity index (χ3n) is 2.85. The third-order valence-corrected chi connectivity index (χ3v) is 2.85. The molecule has 0 bridgehead atoms. The second kappa shape index (κ2) is 3.55. The van der Waals surface area contributed by atoms with Crippen LogP contribution in [0.5, 0.6) is 0 Å². The van der Waals surface area contributed by atoms with Crippen LogP contribution in [-0.4, -0.2) is 17.3 Å². The predicted molar refractivity (Wildman–Crippen MR) is 46.2 cm³/mol. The molecule has 66 valence electrons. The van der Waals surface area contributed by atoms with Crippen molar-refractivity contribution in [3.05, 3.63) is 0 Å². The standard InChI is InChI=1S/C9H19NO/c1-6(2)7-3-4-8(10)9(11)5-7/h6-9,11H,3-5,10H2,1-2H3/t7-,8-,9+/m1/s1. The fraction of sp³-hybridized carbons (Fsp3) is 1.00. The highest BCUT2D eigenvalue weighted by atomic mass is 16.3. The lowest BCUT2D eigenvalue weighted by atomic mass is 9.78. The van der Waals surface area contributed by atoms with Gasteiger partial charge in [-0.1, -0.05) is 13.8 Å². The average molecular weight is 157 g/mol. The van der Waals surface area contributed by atoms with Crippen LogP contribution in [0.1, 0.15) is 33.1 Å². The minimum atomic E-state index is -0.254. The smallest absolute Gasteiger partial charge is 0.0693 e. The first-order chi connectivity index (χ1) is 5.11. The summed E-state index contributed by atoms with van der Waals surface area (Å²) >= 11 is 0. The Balaban J connectivity index is 2.40. The maximum atomic E-state index is 9.47. The molecule has 0 heterocycles. The molecule has 2 nitrogen and oxygen atoms in total. The van der Waals surface area contributed by atoms with E-state index in [-0.39, 0.29) is 12.1 Å². The Labute approximate surface area is 68.8 Å². The van der Waals surface area contributed by atoms with E-state index in [0.717, 1.165) is 12.8 Å². The van der Waals surface area contributed by atoms with Gasteiger partial charge in [-0.25, -0.2) is 0 Å². The van der Waals surface area contributed by atoms with Gasteiger partial charge in [0.15, 0.2) is 0 Å². The molecule has 2 heteroatoms. The van der Waals surface area contributed by atoms with E-state index >= 15 is 0 Å². The van der Waals surface area contributed by atoms with E-state index in [1.165, 1.54) is 6.42 Å². The molecule has 0 aromatic carbocycles. The summed E-state index contributed by atoms with van der Waals surface area (Å²) in [5, 5.41) is 9.47. The van der Waals surface area contributed by atoms with Gasteiger partial charge in [-0.05, 0) is 31.1 Å². The summed E-state index contributed by atoms with van der Waals surface area (Å²) in [4.78, 5) is 0. The third kappa shape index (κ3) is 2.17. The normalized spacial score (nSPS) is 39.5. The van der Waals surface area contributed by atoms with E-state index in [1.807, 2.05) is 0 Å². The van der Waals surface area contributed by atoms with Crippen molar-refractivity contribution in [3.63, 3.8) is 0 Å². The molecule has 0 unspecified atom stereocenters. The zero-order valence-corrected chi connectivity index (χ0v) is 7.46. The van der Waals surface area contributed by atoms with Crippen molar-refractivity contribution in [1.29, 1.82) is 0 Å².